The smallest absolute Gasteiger partial charge is 0.330 e. The Morgan fingerprint density at radius 3 is 2.32 bits per heavy atom. The maximum Gasteiger partial charge on any atom is 0.330 e. The second-order valence-electron chi connectivity index (χ2n) is 5.46. The maximum absolute atomic E-state index is 12.2. The van der Waals surface area contributed by atoms with Gasteiger partial charge in [-0.05, 0) is 42.0 Å². The van der Waals surface area contributed by atoms with E-state index in [0.717, 1.165) is 5.69 Å². The zero-order valence-corrected chi connectivity index (χ0v) is 14.4. The van der Waals surface area contributed by atoms with Crippen molar-refractivity contribution in [2.24, 2.45) is 0 Å². The van der Waals surface area contributed by atoms with E-state index in [1.54, 1.807) is 24.3 Å². The van der Waals surface area contributed by atoms with Crippen LogP contribution in [0.5, 0.6) is 0 Å². The van der Waals surface area contributed by atoms with Gasteiger partial charge in [-0.15, -0.1) is 0 Å². The summed E-state index contributed by atoms with van der Waals surface area (Å²) in [5.74, 6) is -0.458. The molecule has 0 radical (unpaired) electrons. The topological polar surface area (TPSA) is 70.7 Å². The second-order valence-corrected chi connectivity index (χ2v) is 5.46. The van der Waals surface area contributed by atoms with Gasteiger partial charge in [-0.2, -0.15) is 0 Å². The molecule has 0 atom stereocenters. The van der Waals surface area contributed by atoms with Gasteiger partial charge in [0.2, 0.25) is 0 Å². The van der Waals surface area contributed by atoms with Gasteiger partial charge in [0.05, 0.1) is 7.11 Å². The number of ether oxygens (including phenoxy) is 1. The fourth-order valence-electron chi connectivity index (χ4n) is 2.11. The van der Waals surface area contributed by atoms with Crippen LogP contribution in [-0.2, 0) is 9.53 Å². The highest BCUT2D eigenvalue weighted by atomic mass is 16.5. The summed E-state index contributed by atoms with van der Waals surface area (Å²) in [4.78, 5) is 25.4. The number of anilines is 3. The minimum Gasteiger partial charge on any atom is -0.466 e. The van der Waals surface area contributed by atoms with Crippen molar-refractivity contribution in [3.8, 4) is 0 Å². The van der Waals surface area contributed by atoms with E-state index < -0.39 is 5.97 Å². The lowest BCUT2D eigenvalue weighted by atomic mass is 10.1. The van der Waals surface area contributed by atoms with Gasteiger partial charge in [-0.3, -0.25) is 0 Å². The van der Waals surface area contributed by atoms with Crippen molar-refractivity contribution in [3.05, 3.63) is 60.2 Å². The molecule has 2 aromatic carbocycles. The summed E-state index contributed by atoms with van der Waals surface area (Å²) < 4.78 is 4.57. The highest BCUT2D eigenvalue weighted by Crippen LogP contribution is 2.19. The number of para-hydroxylation sites is 1. The molecule has 25 heavy (non-hydrogen) atoms. The molecule has 0 unspecified atom stereocenters. The van der Waals surface area contributed by atoms with Crippen LogP contribution in [0.25, 0.3) is 6.08 Å². The SMILES string of the molecule is COC(=O)/C=C/c1ccccc1NC(=O)Nc1ccc(N(C)C)cc1. The first-order valence-corrected chi connectivity index (χ1v) is 7.70. The van der Waals surface area contributed by atoms with E-state index in [1.807, 2.05) is 49.3 Å². The van der Waals surface area contributed by atoms with Crippen molar-refractivity contribution in [2.45, 2.75) is 0 Å². The minimum atomic E-state index is -0.458. The molecular formula is C19H21N3O3. The molecule has 130 valence electrons. The van der Waals surface area contributed by atoms with E-state index in [9.17, 15) is 9.59 Å². The van der Waals surface area contributed by atoms with Crippen LogP contribution in [0.2, 0.25) is 0 Å². The summed E-state index contributed by atoms with van der Waals surface area (Å²) in [5, 5.41) is 5.55. The van der Waals surface area contributed by atoms with E-state index in [2.05, 4.69) is 15.4 Å². The lowest BCUT2D eigenvalue weighted by Gasteiger charge is -2.13. The van der Waals surface area contributed by atoms with Crippen molar-refractivity contribution in [2.75, 3.05) is 36.7 Å². The Balaban J connectivity index is 2.05. The Labute approximate surface area is 147 Å². The monoisotopic (exact) mass is 339 g/mol. The van der Waals surface area contributed by atoms with E-state index in [-0.39, 0.29) is 6.03 Å². The van der Waals surface area contributed by atoms with Gasteiger partial charge < -0.3 is 20.3 Å². The van der Waals surface area contributed by atoms with Crippen LogP contribution >= 0.6 is 0 Å². The number of hydrogen-bond acceptors (Lipinski definition) is 4. The van der Waals surface area contributed by atoms with E-state index in [4.69, 9.17) is 0 Å². The molecule has 6 heteroatoms. The highest BCUT2D eigenvalue weighted by Gasteiger charge is 2.06. The number of carbonyl (C=O) groups is 2. The third kappa shape index (κ3) is 5.39. The molecule has 0 saturated carbocycles. The van der Waals surface area contributed by atoms with Gasteiger partial charge in [0.15, 0.2) is 0 Å². The highest BCUT2D eigenvalue weighted by molar-refractivity contribution is 6.01. The molecule has 0 aliphatic carbocycles. The number of amides is 2. The normalized spacial score (nSPS) is 10.4. The Morgan fingerprint density at radius 1 is 1.00 bits per heavy atom. The summed E-state index contributed by atoms with van der Waals surface area (Å²) in [5.41, 5.74) is 3.02. The number of nitrogens with zero attached hydrogens (tertiary/aromatic N) is 1. The van der Waals surface area contributed by atoms with E-state index in [0.29, 0.717) is 16.9 Å². The number of methoxy groups -OCH3 is 1. The van der Waals surface area contributed by atoms with E-state index in [1.165, 1.54) is 13.2 Å². The molecule has 0 bridgehead atoms. The molecule has 0 aliphatic heterocycles. The lowest BCUT2D eigenvalue weighted by molar-refractivity contribution is -0.134. The maximum atomic E-state index is 12.2. The van der Waals surface area contributed by atoms with Gasteiger partial charge in [0, 0.05) is 37.2 Å². The van der Waals surface area contributed by atoms with E-state index >= 15 is 0 Å². The third-order valence-electron chi connectivity index (χ3n) is 3.45. The Morgan fingerprint density at radius 2 is 1.68 bits per heavy atom. The molecule has 0 fully saturated rings. The minimum absolute atomic E-state index is 0.364. The predicted molar refractivity (Wildman–Crippen MR) is 101 cm³/mol. The average molecular weight is 339 g/mol. The van der Waals surface area contributed by atoms with Crippen LogP contribution in [-0.4, -0.2) is 33.2 Å². The van der Waals surface area contributed by atoms with Crippen LogP contribution in [0.4, 0.5) is 21.9 Å². The van der Waals surface area contributed by atoms with Crippen LogP contribution < -0.4 is 15.5 Å². The quantitative estimate of drug-likeness (QED) is 0.645. The number of rotatable bonds is 5. The number of urea groups is 1. The largest absolute Gasteiger partial charge is 0.466 e. The fraction of sp³-hybridized carbons (Fsp3) is 0.158. The molecule has 0 saturated heterocycles. The van der Waals surface area contributed by atoms with Gasteiger partial charge >= 0.3 is 12.0 Å². The van der Waals surface area contributed by atoms with Crippen molar-refractivity contribution >= 4 is 35.1 Å². The number of carbonyl (C=O) groups excluding carboxylic acids is 2. The molecule has 6 nitrogen and oxygen atoms in total. The number of benzene rings is 2. The number of nitrogens with one attached hydrogen (secondary N) is 2. The molecule has 0 aromatic heterocycles. The summed E-state index contributed by atoms with van der Waals surface area (Å²) in [6.07, 6.45) is 2.89. The standard InChI is InChI=1S/C19H21N3O3/c1-22(2)16-11-9-15(10-12-16)20-19(24)21-17-7-5-4-6-14(17)8-13-18(23)25-3/h4-13H,1-3H3,(H2,20,21,24)/b13-8+. The molecule has 2 N–H and O–H groups in total. The molecule has 0 aliphatic rings. The lowest BCUT2D eigenvalue weighted by Crippen LogP contribution is -2.20. The van der Waals surface area contributed by atoms with Gasteiger partial charge in [0.1, 0.15) is 0 Å². The first-order valence-electron chi connectivity index (χ1n) is 7.70. The fourth-order valence-corrected chi connectivity index (χ4v) is 2.11. The zero-order chi connectivity index (χ0) is 18.2. The zero-order valence-electron chi connectivity index (χ0n) is 14.4. The van der Waals surface area contributed by atoms with Gasteiger partial charge in [-0.25, -0.2) is 9.59 Å². The van der Waals surface area contributed by atoms with Crippen LogP contribution in [0.3, 0.4) is 0 Å². The summed E-state index contributed by atoms with van der Waals surface area (Å²) >= 11 is 0. The molecule has 0 heterocycles. The molecular weight excluding hydrogens is 318 g/mol. The Bertz CT molecular complexity index is 768. The predicted octanol–water partition coefficient (Wildman–Crippen LogP) is 3.58. The van der Waals surface area contributed by atoms with Crippen molar-refractivity contribution in [1.29, 1.82) is 0 Å². The average Bonchev–Trinajstić information content (AvgIpc) is 2.61. The summed E-state index contributed by atoms with van der Waals surface area (Å²) in [6.45, 7) is 0. The molecule has 2 amide bonds. The molecule has 2 aromatic rings. The second kappa shape index (κ2) is 8.54. The van der Waals surface area contributed by atoms with Crippen molar-refractivity contribution in [1.82, 2.24) is 0 Å². The van der Waals surface area contributed by atoms with Gasteiger partial charge in [-0.1, -0.05) is 18.2 Å². The number of esters is 1. The third-order valence-corrected chi connectivity index (χ3v) is 3.45. The summed E-state index contributed by atoms with van der Waals surface area (Å²) in [7, 11) is 5.22. The van der Waals surface area contributed by atoms with Crippen LogP contribution in [0.15, 0.2) is 54.6 Å². The van der Waals surface area contributed by atoms with Crippen LogP contribution in [0.1, 0.15) is 5.56 Å². The van der Waals surface area contributed by atoms with Crippen LogP contribution in [0, 0.1) is 0 Å². The molecule has 0 spiro atoms. The number of hydrogen-bond donors (Lipinski definition) is 2. The van der Waals surface area contributed by atoms with Crippen molar-refractivity contribution < 1.29 is 14.3 Å². The Hall–Kier alpha value is -3.28. The Kier molecular flexibility index (Phi) is 6.17. The first-order chi connectivity index (χ1) is 12.0. The van der Waals surface area contributed by atoms with Gasteiger partial charge in [0.25, 0.3) is 0 Å². The summed E-state index contributed by atoms with van der Waals surface area (Å²) in [6, 6.07) is 14.3. The first kappa shape index (κ1) is 18.1. The van der Waals surface area contributed by atoms with Crippen molar-refractivity contribution in [3.63, 3.8) is 0 Å². The molecule has 2 rings (SSSR count).